The van der Waals surface area contributed by atoms with Gasteiger partial charge in [-0.15, -0.1) is 0 Å². The third-order valence-corrected chi connectivity index (χ3v) is 2.50. The molecule has 0 aliphatic carbocycles. The van der Waals surface area contributed by atoms with E-state index in [2.05, 4.69) is 4.90 Å². The van der Waals surface area contributed by atoms with Crippen LogP contribution in [0.3, 0.4) is 0 Å². The van der Waals surface area contributed by atoms with Gasteiger partial charge in [-0.3, -0.25) is 0 Å². The molecule has 1 saturated heterocycles. The van der Waals surface area contributed by atoms with E-state index >= 15 is 0 Å². The molecule has 70 valence electrons. The molecule has 1 aliphatic heterocycles. The summed E-state index contributed by atoms with van der Waals surface area (Å²) in [5, 5.41) is 0. The maximum atomic E-state index is 5.87. The maximum Gasteiger partial charge on any atom is 0.0620 e. The summed E-state index contributed by atoms with van der Waals surface area (Å²) in [5.74, 6) is 0. The summed E-state index contributed by atoms with van der Waals surface area (Å²) >= 11 is 0. The second-order valence-corrected chi connectivity index (χ2v) is 3.51. The van der Waals surface area contributed by atoms with Crippen LogP contribution in [0.4, 0.5) is 17.1 Å². The Hall–Kier alpha value is -1.38. The van der Waals surface area contributed by atoms with Crippen LogP contribution in [0.5, 0.6) is 0 Å². The standard InChI is InChI=1S/C10H15N3/c11-8-3-4-9(12)10(7-8)13-5-1-2-6-13/h3-4,7H,1-2,5-6,11-12H2. The molecule has 1 heterocycles. The molecule has 4 N–H and O–H groups in total. The zero-order chi connectivity index (χ0) is 9.26. The first-order chi connectivity index (χ1) is 6.27. The van der Waals surface area contributed by atoms with E-state index in [1.54, 1.807) is 0 Å². The van der Waals surface area contributed by atoms with Crippen LogP contribution in [-0.4, -0.2) is 13.1 Å². The highest BCUT2D eigenvalue weighted by Gasteiger charge is 2.14. The Morgan fingerprint density at radius 1 is 1.08 bits per heavy atom. The van der Waals surface area contributed by atoms with Crippen LogP contribution in [0.15, 0.2) is 18.2 Å². The van der Waals surface area contributed by atoms with Crippen LogP contribution < -0.4 is 16.4 Å². The molecule has 1 fully saturated rings. The van der Waals surface area contributed by atoms with Crippen molar-refractivity contribution in [2.24, 2.45) is 0 Å². The molecule has 0 spiro atoms. The quantitative estimate of drug-likeness (QED) is 0.638. The van der Waals surface area contributed by atoms with Gasteiger partial charge >= 0.3 is 0 Å². The average Bonchev–Trinajstić information content (AvgIpc) is 2.61. The van der Waals surface area contributed by atoms with Gasteiger partial charge in [0.25, 0.3) is 0 Å². The first-order valence-electron chi connectivity index (χ1n) is 4.67. The van der Waals surface area contributed by atoms with Gasteiger partial charge in [0.15, 0.2) is 0 Å². The zero-order valence-electron chi connectivity index (χ0n) is 7.66. The highest BCUT2D eigenvalue weighted by Crippen LogP contribution is 2.28. The van der Waals surface area contributed by atoms with E-state index in [9.17, 15) is 0 Å². The van der Waals surface area contributed by atoms with E-state index in [0.29, 0.717) is 0 Å². The van der Waals surface area contributed by atoms with Crippen LogP contribution >= 0.6 is 0 Å². The summed E-state index contributed by atoms with van der Waals surface area (Å²) in [6.07, 6.45) is 2.52. The summed E-state index contributed by atoms with van der Waals surface area (Å²) in [5.41, 5.74) is 14.3. The summed E-state index contributed by atoms with van der Waals surface area (Å²) in [7, 11) is 0. The fourth-order valence-corrected chi connectivity index (χ4v) is 1.79. The molecule has 0 unspecified atom stereocenters. The predicted molar refractivity (Wildman–Crippen MR) is 56.7 cm³/mol. The minimum absolute atomic E-state index is 0.788. The minimum atomic E-state index is 0.788. The zero-order valence-corrected chi connectivity index (χ0v) is 7.66. The molecule has 0 saturated carbocycles. The number of nitrogens with zero attached hydrogens (tertiary/aromatic N) is 1. The van der Waals surface area contributed by atoms with Crippen molar-refractivity contribution in [3.8, 4) is 0 Å². The fraction of sp³-hybridized carbons (Fsp3) is 0.400. The van der Waals surface area contributed by atoms with Gasteiger partial charge < -0.3 is 16.4 Å². The lowest BCUT2D eigenvalue weighted by Crippen LogP contribution is -2.19. The Morgan fingerprint density at radius 2 is 1.77 bits per heavy atom. The summed E-state index contributed by atoms with van der Waals surface area (Å²) in [6.45, 7) is 2.21. The number of benzene rings is 1. The van der Waals surface area contributed by atoms with E-state index < -0.39 is 0 Å². The Morgan fingerprint density at radius 3 is 2.46 bits per heavy atom. The highest BCUT2D eigenvalue weighted by molar-refractivity contribution is 5.72. The van der Waals surface area contributed by atoms with Crippen molar-refractivity contribution >= 4 is 17.1 Å². The molecule has 3 heteroatoms. The molecule has 1 aromatic carbocycles. The van der Waals surface area contributed by atoms with Crippen molar-refractivity contribution in [2.75, 3.05) is 29.5 Å². The number of rotatable bonds is 1. The monoisotopic (exact) mass is 177 g/mol. The van der Waals surface area contributed by atoms with Crippen LogP contribution in [-0.2, 0) is 0 Å². The smallest absolute Gasteiger partial charge is 0.0620 e. The Kier molecular flexibility index (Phi) is 2.00. The molecular formula is C10H15N3. The van der Waals surface area contributed by atoms with Crippen LogP contribution in [0, 0.1) is 0 Å². The molecule has 0 bridgehead atoms. The number of nitrogen functional groups attached to an aromatic ring is 2. The lowest BCUT2D eigenvalue weighted by atomic mass is 10.2. The van der Waals surface area contributed by atoms with Crippen LogP contribution in [0.1, 0.15) is 12.8 Å². The van der Waals surface area contributed by atoms with Crippen molar-refractivity contribution in [2.45, 2.75) is 12.8 Å². The maximum absolute atomic E-state index is 5.87. The average molecular weight is 177 g/mol. The molecule has 3 nitrogen and oxygen atoms in total. The van der Waals surface area contributed by atoms with E-state index in [1.807, 2.05) is 18.2 Å². The third kappa shape index (κ3) is 1.54. The van der Waals surface area contributed by atoms with Gasteiger partial charge in [0.05, 0.1) is 11.4 Å². The summed E-state index contributed by atoms with van der Waals surface area (Å²) in [4.78, 5) is 2.30. The van der Waals surface area contributed by atoms with Gasteiger partial charge in [-0.1, -0.05) is 0 Å². The van der Waals surface area contributed by atoms with Crippen molar-refractivity contribution < 1.29 is 0 Å². The Balaban J connectivity index is 2.32. The largest absolute Gasteiger partial charge is 0.399 e. The third-order valence-electron chi connectivity index (χ3n) is 2.50. The molecule has 1 aliphatic rings. The van der Waals surface area contributed by atoms with Gasteiger partial charge in [0.2, 0.25) is 0 Å². The molecule has 0 radical (unpaired) electrons. The molecule has 2 rings (SSSR count). The van der Waals surface area contributed by atoms with Crippen molar-refractivity contribution in [1.29, 1.82) is 0 Å². The van der Waals surface area contributed by atoms with Gasteiger partial charge in [-0.05, 0) is 31.0 Å². The van der Waals surface area contributed by atoms with Crippen molar-refractivity contribution in [3.63, 3.8) is 0 Å². The number of nitrogens with two attached hydrogens (primary N) is 2. The summed E-state index contributed by atoms with van der Waals surface area (Å²) < 4.78 is 0. The molecule has 0 atom stereocenters. The molecule has 0 aromatic heterocycles. The lowest BCUT2D eigenvalue weighted by Gasteiger charge is -2.19. The molecule has 0 amide bonds. The second-order valence-electron chi connectivity index (χ2n) is 3.51. The number of hydrogen-bond acceptors (Lipinski definition) is 3. The van der Waals surface area contributed by atoms with Gasteiger partial charge in [0, 0.05) is 18.8 Å². The van der Waals surface area contributed by atoms with E-state index in [1.165, 1.54) is 12.8 Å². The van der Waals surface area contributed by atoms with E-state index in [-0.39, 0.29) is 0 Å². The fourth-order valence-electron chi connectivity index (χ4n) is 1.79. The highest BCUT2D eigenvalue weighted by atomic mass is 15.1. The summed E-state index contributed by atoms with van der Waals surface area (Å²) in [6, 6.07) is 5.68. The normalized spacial score (nSPS) is 16.5. The van der Waals surface area contributed by atoms with E-state index in [4.69, 9.17) is 11.5 Å². The van der Waals surface area contributed by atoms with E-state index in [0.717, 1.165) is 30.2 Å². The van der Waals surface area contributed by atoms with Crippen molar-refractivity contribution in [1.82, 2.24) is 0 Å². The number of anilines is 3. The Labute approximate surface area is 78.3 Å². The first-order valence-corrected chi connectivity index (χ1v) is 4.67. The minimum Gasteiger partial charge on any atom is -0.399 e. The Bertz CT molecular complexity index is 303. The van der Waals surface area contributed by atoms with Gasteiger partial charge in [0.1, 0.15) is 0 Å². The van der Waals surface area contributed by atoms with Crippen LogP contribution in [0.25, 0.3) is 0 Å². The molecule has 13 heavy (non-hydrogen) atoms. The molecule has 1 aromatic rings. The lowest BCUT2D eigenvalue weighted by molar-refractivity contribution is 0.949. The van der Waals surface area contributed by atoms with Gasteiger partial charge in [-0.2, -0.15) is 0 Å². The SMILES string of the molecule is Nc1ccc(N)c(N2CCCC2)c1. The number of hydrogen-bond donors (Lipinski definition) is 2. The first kappa shape index (κ1) is 8.23. The second kappa shape index (κ2) is 3.17. The topological polar surface area (TPSA) is 55.3 Å². The van der Waals surface area contributed by atoms with Crippen LogP contribution in [0.2, 0.25) is 0 Å². The predicted octanol–water partition coefficient (Wildman–Crippen LogP) is 1.45. The molecular weight excluding hydrogens is 162 g/mol. The van der Waals surface area contributed by atoms with Gasteiger partial charge in [-0.25, -0.2) is 0 Å². The van der Waals surface area contributed by atoms with Crippen molar-refractivity contribution in [3.05, 3.63) is 18.2 Å².